The van der Waals surface area contributed by atoms with E-state index in [1.54, 1.807) is 25.1 Å². The number of rotatable bonds is 6. The molecule has 2 aliphatic heterocycles. The molecular weight excluding hydrogens is 388 g/mol. The van der Waals surface area contributed by atoms with Crippen molar-refractivity contribution >= 4 is 23.6 Å². The largest absolute Gasteiger partial charge is 0.383 e. The number of H-pyrrole nitrogens is 1. The van der Waals surface area contributed by atoms with Gasteiger partial charge in [-0.1, -0.05) is 18.2 Å². The fourth-order valence-corrected chi connectivity index (χ4v) is 5.37. The van der Waals surface area contributed by atoms with Crippen LogP contribution < -0.4 is 5.32 Å². The molecule has 4 rings (SSSR count). The van der Waals surface area contributed by atoms with Crippen molar-refractivity contribution in [2.75, 3.05) is 39.1 Å². The van der Waals surface area contributed by atoms with Gasteiger partial charge in [0.15, 0.2) is 0 Å². The third kappa shape index (κ3) is 4.18. The Morgan fingerprint density at radius 3 is 3.10 bits per heavy atom. The number of benzene rings is 1. The molecule has 2 amide bonds. The number of aromatic nitrogens is 2. The molecule has 2 aromatic rings. The highest BCUT2D eigenvalue weighted by molar-refractivity contribution is 7.99. The molecule has 1 saturated heterocycles. The van der Waals surface area contributed by atoms with Gasteiger partial charge in [-0.25, -0.2) is 0 Å². The number of nitrogens with zero attached hydrogens (tertiary/aromatic N) is 2. The summed E-state index contributed by atoms with van der Waals surface area (Å²) in [4.78, 5) is 28.9. The molecule has 8 heteroatoms. The van der Waals surface area contributed by atoms with Gasteiger partial charge in [-0.05, 0) is 24.5 Å². The topological polar surface area (TPSA) is 87.3 Å². The van der Waals surface area contributed by atoms with Crippen molar-refractivity contribution in [3.8, 4) is 0 Å². The first-order valence-electron chi connectivity index (χ1n) is 10.00. The predicted molar refractivity (Wildman–Crippen MR) is 111 cm³/mol. The van der Waals surface area contributed by atoms with Crippen molar-refractivity contribution in [3.63, 3.8) is 0 Å². The molecule has 29 heavy (non-hydrogen) atoms. The van der Waals surface area contributed by atoms with Crippen molar-refractivity contribution in [2.45, 2.75) is 29.6 Å². The normalized spacial score (nSPS) is 21.1. The first-order chi connectivity index (χ1) is 14.2. The van der Waals surface area contributed by atoms with Gasteiger partial charge in [-0.2, -0.15) is 5.10 Å². The summed E-state index contributed by atoms with van der Waals surface area (Å²) < 4.78 is 4.99. The summed E-state index contributed by atoms with van der Waals surface area (Å²) in [5, 5.41) is 9.96. The fraction of sp³-hybridized carbons (Fsp3) is 0.476. The smallest absolute Gasteiger partial charge is 0.254 e. The van der Waals surface area contributed by atoms with Gasteiger partial charge in [0.1, 0.15) is 0 Å². The summed E-state index contributed by atoms with van der Waals surface area (Å²) >= 11 is 1.76. The van der Waals surface area contributed by atoms with Crippen LogP contribution in [0.1, 0.15) is 46.3 Å². The van der Waals surface area contributed by atoms with E-state index in [1.165, 1.54) is 4.90 Å². The summed E-state index contributed by atoms with van der Waals surface area (Å²) in [6, 6.07) is 8.18. The second kappa shape index (κ2) is 9.00. The number of aromatic amines is 1. The number of hydrogen-bond donors (Lipinski definition) is 2. The minimum atomic E-state index is -0.157. The molecular formula is C21H26N4O3S. The van der Waals surface area contributed by atoms with Gasteiger partial charge in [0.05, 0.1) is 30.0 Å². The van der Waals surface area contributed by atoms with Gasteiger partial charge >= 0.3 is 0 Å². The lowest BCUT2D eigenvalue weighted by molar-refractivity contribution is -0.133. The zero-order chi connectivity index (χ0) is 20.2. The van der Waals surface area contributed by atoms with E-state index in [0.717, 1.165) is 36.4 Å². The number of fused-ring (bicyclic) bond motifs is 1. The summed E-state index contributed by atoms with van der Waals surface area (Å²) in [6.07, 6.45) is 3.42. The van der Waals surface area contributed by atoms with E-state index in [1.807, 2.05) is 17.0 Å². The number of hydrogen-bond acceptors (Lipinski definition) is 5. The molecule has 1 fully saturated rings. The van der Waals surface area contributed by atoms with E-state index in [4.69, 9.17) is 4.74 Å². The molecule has 0 saturated carbocycles. The number of thioether (sulfide) groups is 1. The SMILES string of the molecule is COCCNC(=O)c1cn[nH]c1[C@H]1CCCN(C(=O)[C@@H]2CSc3ccccc32)C1. The molecule has 2 aliphatic rings. The number of carbonyl (C=O) groups is 2. The first-order valence-corrected chi connectivity index (χ1v) is 11.0. The molecule has 0 bridgehead atoms. The average Bonchev–Trinajstić information content (AvgIpc) is 3.41. The van der Waals surface area contributed by atoms with Crippen LogP contribution in [0, 0.1) is 0 Å². The van der Waals surface area contributed by atoms with Crippen molar-refractivity contribution in [1.82, 2.24) is 20.4 Å². The number of amides is 2. The minimum absolute atomic E-state index is 0.0754. The Morgan fingerprint density at radius 1 is 1.38 bits per heavy atom. The highest BCUT2D eigenvalue weighted by atomic mass is 32.2. The van der Waals surface area contributed by atoms with E-state index in [9.17, 15) is 9.59 Å². The fourth-order valence-electron chi connectivity index (χ4n) is 4.15. The molecule has 0 radical (unpaired) electrons. The Hall–Kier alpha value is -2.32. The van der Waals surface area contributed by atoms with Crippen molar-refractivity contribution < 1.29 is 14.3 Å². The maximum absolute atomic E-state index is 13.3. The lowest BCUT2D eigenvalue weighted by Crippen LogP contribution is -2.42. The molecule has 2 N–H and O–H groups in total. The Morgan fingerprint density at radius 2 is 2.24 bits per heavy atom. The van der Waals surface area contributed by atoms with Gasteiger partial charge in [0.2, 0.25) is 5.91 Å². The lowest BCUT2D eigenvalue weighted by Gasteiger charge is -2.34. The van der Waals surface area contributed by atoms with Gasteiger partial charge in [0, 0.05) is 43.3 Å². The van der Waals surface area contributed by atoms with E-state index in [2.05, 4.69) is 27.6 Å². The Kier molecular flexibility index (Phi) is 6.20. The zero-order valence-electron chi connectivity index (χ0n) is 16.5. The Labute approximate surface area is 174 Å². The number of piperidine rings is 1. The van der Waals surface area contributed by atoms with Crippen LogP contribution in [0.25, 0.3) is 0 Å². The third-order valence-corrected chi connectivity index (χ3v) is 6.83. The van der Waals surface area contributed by atoms with E-state index in [-0.39, 0.29) is 23.7 Å². The van der Waals surface area contributed by atoms with Crippen LogP contribution in [-0.4, -0.2) is 66.0 Å². The molecule has 154 valence electrons. The molecule has 0 aliphatic carbocycles. The Bertz CT molecular complexity index is 884. The van der Waals surface area contributed by atoms with Crippen molar-refractivity contribution in [3.05, 3.63) is 47.3 Å². The van der Waals surface area contributed by atoms with Crippen LogP contribution in [0.2, 0.25) is 0 Å². The van der Waals surface area contributed by atoms with Gasteiger partial charge < -0.3 is 15.0 Å². The van der Waals surface area contributed by atoms with Crippen LogP contribution in [0.3, 0.4) is 0 Å². The third-order valence-electron chi connectivity index (χ3n) is 5.64. The number of carbonyl (C=O) groups excluding carboxylic acids is 2. The standard InChI is InChI=1S/C21H26N4O3S/c1-28-10-8-22-20(26)16-11-23-24-19(16)14-5-4-9-25(12-14)21(27)17-13-29-18-7-3-2-6-15(17)18/h2-3,6-7,11,14,17H,4-5,8-10,12-13H2,1H3,(H,22,26)(H,23,24)/t14-,17+/m0/s1. The number of ether oxygens (including phenoxy) is 1. The monoisotopic (exact) mass is 414 g/mol. The van der Waals surface area contributed by atoms with Crippen LogP contribution in [0.15, 0.2) is 35.4 Å². The maximum atomic E-state index is 13.3. The van der Waals surface area contributed by atoms with Crippen LogP contribution in [0.4, 0.5) is 0 Å². The van der Waals surface area contributed by atoms with Crippen LogP contribution in [-0.2, 0) is 9.53 Å². The Balaban J connectivity index is 1.45. The molecule has 7 nitrogen and oxygen atoms in total. The molecule has 2 atom stereocenters. The second-order valence-corrected chi connectivity index (χ2v) is 8.53. The maximum Gasteiger partial charge on any atom is 0.254 e. The molecule has 0 spiro atoms. The molecule has 1 aromatic heterocycles. The molecule has 1 aromatic carbocycles. The quantitative estimate of drug-likeness (QED) is 0.709. The van der Waals surface area contributed by atoms with Gasteiger partial charge in [0.25, 0.3) is 5.91 Å². The molecule has 3 heterocycles. The second-order valence-electron chi connectivity index (χ2n) is 7.47. The number of methoxy groups -OCH3 is 1. The van der Waals surface area contributed by atoms with Crippen LogP contribution in [0.5, 0.6) is 0 Å². The first kappa shape index (κ1) is 20.0. The summed E-state index contributed by atoms with van der Waals surface area (Å²) in [5.41, 5.74) is 2.52. The summed E-state index contributed by atoms with van der Waals surface area (Å²) in [5.74, 6) is 0.848. The number of nitrogens with one attached hydrogen (secondary N) is 2. The van der Waals surface area contributed by atoms with E-state index in [0.29, 0.717) is 25.3 Å². The van der Waals surface area contributed by atoms with Crippen molar-refractivity contribution in [1.29, 1.82) is 0 Å². The lowest BCUT2D eigenvalue weighted by atomic mass is 9.90. The van der Waals surface area contributed by atoms with Crippen molar-refractivity contribution in [2.24, 2.45) is 0 Å². The summed E-state index contributed by atoms with van der Waals surface area (Å²) in [6.45, 7) is 2.30. The van der Waals surface area contributed by atoms with Gasteiger partial charge in [-0.15, -0.1) is 11.8 Å². The highest BCUT2D eigenvalue weighted by Crippen LogP contribution is 2.41. The molecule has 0 unspecified atom stereocenters. The number of likely N-dealkylation sites (tertiary alicyclic amines) is 1. The van der Waals surface area contributed by atoms with E-state index >= 15 is 0 Å². The minimum Gasteiger partial charge on any atom is -0.383 e. The summed E-state index contributed by atoms with van der Waals surface area (Å²) in [7, 11) is 1.60. The zero-order valence-corrected chi connectivity index (χ0v) is 17.3. The van der Waals surface area contributed by atoms with Gasteiger partial charge in [-0.3, -0.25) is 14.7 Å². The average molecular weight is 415 g/mol. The van der Waals surface area contributed by atoms with Crippen LogP contribution >= 0.6 is 11.8 Å². The van der Waals surface area contributed by atoms with E-state index < -0.39 is 0 Å². The highest BCUT2D eigenvalue weighted by Gasteiger charge is 2.35. The predicted octanol–water partition coefficient (Wildman–Crippen LogP) is 2.38.